The number of aliphatic hydroxyl groups is 1. The molecule has 0 saturated heterocycles. The number of carbonyl (C=O) groups excluding carboxylic acids is 1. The minimum Gasteiger partial charge on any atom is -0.396 e. The van der Waals surface area contributed by atoms with Gasteiger partial charge in [-0.3, -0.25) is 4.79 Å². The Balaban J connectivity index is 3.52. The predicted molar refractivity (Wildman–Crippen MR) is 53.4 cm³/mol. The summed E-state index contributed by atoms with van der Waals surface area (Å²) < 4.78 is 0. The zero-order chi connectivity index (χ0) is 10.1. The summed E-state index contributed by atoms with van der Waals surface area (Å²) in [6, 6.07) is 0. The van der Waals surface area contributed by atoms with Crippen molar-refractivity contribution in [2.75, 3.05) is 13.2 Å². The summed E-state index contributed by atoms with van der Waals surface area (Å²) in [6.45, 7) is 4.98. The summed E-state index contributed by atoms with van der Waals surface area (Å²) in [4.78, 5) is 11.1. The van der Waals surface area contributed by atoms with Crippen molar-refractivity contribution in [3.63, 3.8) is 0 Å². The largest absolute Gasteiger partial charge is 0.396 e. The molecule has 78 valence electrons. The van der Waals surface area contributed by atoms with Gasteiger partial charge in [-0.2, -0.15) is 0 Å². The molecule has 0 rings (SSSR count). The van der Waals surface area contributed by atoms with Gasteiger partial charge in [0.2, 0.25) is 5.91 Å². The molecule has 0 aromatic carbocycles. The molecule has 0 aromatic heterocycles. The van der Waals surface area contributed by atoms with Gasteiger partial charge in [-0.15, -0.1) is 0 Å². The SMILES string of the molecule is CCCC(=O)NCC(CC)CCO. The van der Waals surface area contributed by atoms with Crippen molar-refractivity contribution in [3.05, 3.63) is 0 Å². The van der Waals surface area contributed by atoms with Gasteiger partial charge in [0.15, 0.2) is 0 Å². The molecule has 0 heterocycles. The van der Waals surface area contributed by atoms with Crippen molar-refractivity contribution in [1.82, 2.24) is 5.32 Å². The smallest absolute Gasteiger partial charge is 0.219 e. The standard InChI is InChI=1S/C10H21NO2/c1-3-5-10(13)11-8-9(4-2)6-7-12/h9,12H,3-8H2,1-2H3,(H,11,13). The van der Waals surface area contributed by atoms with E-state index >= 15 is 0 Å². The number of rotatable bonds is 7. The van der Waals surface area contributed by atoms with Gasteiger partial charge < -0.3 is 10.4 Å². The zero-order valence-corrected chi connectivity index (χ0v) is 8.68. The molecule has 0 aliphatic heterocycles. The van der Waals surface area contributed by atoms with Crippen molar-refractivity contribution in [3.8, 4) is 0 Å². The van der Waals surface area contributed by atoms with E-state index in [1.54, 1.807) is 0 Å². The highest BCUT2D eigenvalue weighted by Gasteiger charge is 2.06. The van der Waals surface area contributed by atoms with Gasteiger partial charge >= 0.3 is 0 Å². The highest BCUT2D eigenvalue weighted by Crippen LogP contribution is 2.05. The summed E-state index contributed by atoms with van der Waals surface area (Å²) >= 11 is 0. The minimum atomic E-state index is 0.124. The molecule has 1 amide bonds. The lowest BCUT2D eigenvalue weighted by molar-refractivity contribution is -0.121. The fraction of sp³-hybridized carbons (Fsp3) is 0.900. The fourth-order valence-electron chi connectivity index (χ4n) is 1.21. The van der Waals surface area contributed by atoms with E-state index in [4.69, 9.17) is 5.11 Å². The molecule has 0 aromatic rings. The van der Waals surface area contributed by atoms with E-state index in [9.17, 15) is 4.79 Å². The van der Waals surface area contributed by atoms with E-state index in [0.29, 0.717) is 18.9 Å². The molecule has 2 N–H and O–H groups in total. The lowest BCUT2D eigenvalue weighted by atomic mass is 10.0. The quantitative estimate of drug-likeness (QED) is 0.631. The van der Waals surface area contributed by atoms with Crippen LogP contribution in [-0.4, -0.2) is 24.2 Å². The Bertz CT molecular complexity index is 137. The molecule has 0 bridgehead atoms. The first-order valence-electron chi connectivity index (χ1n) is 5.12. The second kappa shape index (κ2) is 8.05. The third kappa shape index (κ3) is 6.58. The summed E-state index contributed by atoms with van der Waals surface area (Å²) in [5.41, 5.74) is 0. The molecule has 1 atom stereocenters. The Morgan fingerprint density at radius 1 is 1.46 bits per heavy atom. The van der Waals surface area contributed by atoms with Crippen LogP contribution in [0.4, 0.5) is 0 Å². The first-order valence-corrected chi connectivity index (χ1v) is 5.12. The number of carbonyl (C=O) groups is 1. The van der Waals surface area contributed by atoms with E-state index in [0.717, 1.165) is 19.3 Å². The molecule has 3 nitrogen and oxygen atoms in total. The second-order valence-corrected chi connectivity index (χ2v) is 3.34. The Morgan fingerprint density at radius 3 is 2.62 bits per heavy atom. The topological polar surface area (TPSA) is 49.3 Å². The van der Waals surface area contributed by atoms with Gasteiger partial charge in [-0.25, -0.2) is 0 Å². The maximum Gasteiger partial charge on any atom is 0.219 e. The predicted octanol–water partition coefficient (Wildman–Crippen LogP) is 1.31. The monoisotopic (exact) mass is 187 g/mol. The van der Waals surface area contributed by atoms with Gasteiger partial charge in [-0.05, 0) is 18.8 Å². The Labute approximate surface area is 80.5 Å². The number of hydrogen-bond acceptors (Lipinski definition) is 2. The minimum absolute atomic E-state index is 0.124. The number of hydrogen-bond donors (Lipinski definition) is 2. The molecule has 0 aliphatic rings. The number of amides is 1. The summed E-state index contributed by atoms with van der Waals surface area (Å²) in [7, 11) is 0. The highest BCUT2D eigenvalue weighted by molar-refractivity contribution is 5.75. The maximum absolute atomic E-state index is 11.1. The van der Waals surface area contributed by atoms with E-state index in [2.05, 4.69) is 12.2 Å². The van der Waals surface area contributed by atoms with Crippen LogP contribution < -0.4 is 5.32 Å². The molecule has 3 heteroatoms. The second-order valence-electron chi connectivity index (χ2n) is 3.34. The molecule has 0 radical (unpaired) electrons. The summed E-state index contributed by atoms with van der Waals surface area (Å²) in [6.07, 6.45) is 3.29. The van der Waals surface area contributed by atoms with E-state index in [-0.39, 0.29) is 12.5 Å². The first kappa shape index (κ1) is 12.4. The van der Waals surface area contributed by atoms with Gasteiger partial charge in [-0.1, -0.05) is 20.3 Å². The van der Waals surface area contributed by atoms with Crippen LogP contribution in [0.3, 0.4) is 0 Å². The molecule has 0 aliphatic carbocycles. The Kier molecular flexibility index (Phi) is 7.69. The van der Waals surface area contributed by atoms with Crippen LogP contribution in [0.25, 0.3) is 0 Å². The van der Waals surface area contributed by atoms with Crippen molar-refractivity contribution in [1.29, 1.82) is 0 Å². The average Bonchev–Trinajstić information content (AvgIpc) is 2.12. The highest BCUT2D eigenvalue weighted by atomic mass is 16.3. The third-order valence-corrected chi connectivity index (χ3v) is 2.18. The van der Waals surface area contributed by atoms with Crippen LogP contribution in [0.1, 0.15) is 39.5 Å². The van der Waals surface area contributed by atoms with E-state index in [1.807, 2.05) is 6.92 Å². The lowest BCUT2D eigenvalue weighted by Crippen LogP contribution is -2.29. The zero-order valence-electron chi connectivity index (χ0n) is 8.68. The van der Waals surface area contributed by atoms with Gasteiger partial charge in [0.05, 0.1) is 0 Å². The number of nitrogens with one attached hydrogen (secondary N) is 1. The van der Waals surface area contributed by atoms with Crippen molar-refractivity contribution in [2.24, 2.45) is 5.92 Å². The van der Waals surface area contributed by atoms with E-state index < -0.39 is 0 Å². The fourth-order valence-corrected chi connectivity index (χ4v) is 1.21. The van der Waals surface area contributed by atoms with Crippen LogP contribution in [0.2, 0.25) is 0 Å². The molecular formula is C10H21NO2. The Hall–Kier alpha value is -0.570. The normalized spacial score (nSPS) is 12.5. The molecule has 0 spiro atoms. The average molecular weight is 187 g/mol. The summed E-state index contributed by atoms with van der Waals surface area (Å²) in [5.74, 6) is 0.546. The van der Waals surface area contributed by atoms with Crippen LogP contribution in [0.15, 0.2) is 0 Å². The van der Waals surface area contributed by atoms with Crippen LogP contribution in [0.5, 0.6) is 0 Å². The van der Waals surface area contributed by atoms with Crippen LogP contribution >= 0.6 is 0 Å². The molecule has 0 fully saturated rings. The molecule has 0 saturated carbocycles. The lowest BCUT2D eigenvalue weighted by Gasteiger charge is -2.13. The van der Waals surface area contributed by atoms with Crippen molar-refractivity contribution in [2.45, 2.75) is 39.5 Å². The van der Waals surface area contributed by atoms with Gasteiger partial charge in [0.1, 0.15) is 0 Å². The van der Waals surface area contributed by atoms with Crippen LogP contribution in [-0.2, 0) is 4.79 Å². The first-order chi connectivity index (χ1) is 6.24. The van der Waals surface area contributed by atoms with Crippen molar-refractivity contribution >= 4 is 5.91 Å². The van der Waals surface area contributed by atoms with Crippen molar-refractivity contribution < 1.29 is 9.90 Å². The molecule has 13 heavy (non-hydrogen) atoms. The number of aliphatic hydroxyl groups excluding tert-OH is 1. The van der Waals surface area contributed by atoms with E-state index in [1.165, 1.54) is 0 Å². The molecular weight excluding hydrogens is 166 g/mol. The molecule has 1 unspecified atom stereocenters. The van der Waals surface area contributed by atoms with Crippen LogP contribution in [0, 0.1) is 5.92 Å². The third-order valence-electron chi connectivity index (χ3n) is 2.18. The summed E-state index contributed by atoms with van der Waals surface area (Å²) in [5, 5.41) is 11.6. The maximum atomic E-state index is 11.1. The van der Waals surface area contributed by atoms with Gasteiger partial charge in [0.25, 0.3) is 0 Å². The van der Waals surface area contributed by atoms with Gasteiger partial charge in [0, 0.05) is 19.6 Å². The Morgan fingerprint density at radius 2 is 2.15 bits per heavy atom.